The van der Waals surface area contributed by atoms with E-state index in [1.165, 1.54) is 11.3 Å². The van der Waals surface area contributed by atoms with Crippen LogP contribution < -0.4 is 5.56 Å². The van der Waals surface area contributed by atoms with Crippen molar-refractivity contribution < 1.29 is 14.6 Å². The molecular formula is C27H36N2O4S. The van der Waals surface area contributed by atoms with Crippen LogP contribution in [0.15, 0.2) is 35.1 Å². The van der Waals surface area contributed by atoms with Crippen molar-refractivity contribution in [3.63, 3.8) is 0 Å². The minimum atomic E-state index is -1.43. The molecule has 4 heterocycles. The molecule has 0 amide bonds. The van der Waals surface area contributed by atoms with Crippen molar-refractivity contribution in [1.29, 1.82) is 0 Å². The number of hydrogen-bond acceptors (Lipinski definition) is 5. The predicted octanol–water partition coefficient (Wildman–Crippen LogP) is 4.80. The lowest BCUT2D eigenvalue weighted by atomic mass is 9.97. The molecule has 0 aliphatic carbocycles. The van der Waals surface area contributed by atoms with Crippen LogP contribution in [0.1, 0.15) is 56.6 Å². The Bertz CT molecular complexity index is 1300. The number of aliphatic hydroxyl groups is 1. The Morgan fingerprint density at radius 1 is 1.18 bits per heavy atom. The highest BCUT2D eigenvalue weighted by Crippen LogP contribution is 2.42. The first-order valence-electron chi connectivity index (χ1n) is 11.5. The van der Waals surface area contributed by atoms with E-state index in [2.05, 4.69) is 25.5 Å². The Hall–Kier alpha value is -2.64. The zero-order valence-electron chi connectivity index (χ0n) is 20.0. The van der Waals surface area contributed by atoms with Crippen molar-refractivity contribution in [3.05, 3.63) is 62.9 Å². The number of aliphatic hydroxyl groups excluding tert-OH is 1. The Balaban J connectivity index is 0.00000105. The maximum atomic E-state index is 13.2. The Kier molecular flexibility index (Phi) is 7.58. The van der Waals surface area contributed by atoms with Crippen LogP contribution in [0.25, 0.3) is 22.3 Å². The van der Waals surface area contributed by atoms with E-state index in [9.17, 15) is 14.7 Å². The maximum absolute atomic E-state index is 13.2. The minimum Gasteiger partial charge on any atom is -0.458 e. The third-order valence-corrected chi connectivity index (χ3v) is 9.54. The molecule has 34 heavy (non-hydrogen) atoms. The lowest BCUT2D eigenvalue weighted by molar-refractivity contribution is -0.157. The summed E-state index contributed by atoms with van der Waals surface area (Å²) in [5.41, 5.74) is 5.16. The van der Waals surface area contributed by atoms with E-state index in [1.54, 1.807) is 10.6 Å². The molecule has 6 nitrogen and oxygen atoms in total. The summed E-state index contributed by atoms with van der Waals surface area (Å²) in [4.78, 5) is 30.0. The number of pyridine rings is 2. The number of para-hydroxylation sites is 1. The number of benzene rings is 1. The quantitative estimate of drug-likeness (QED) is 0.421. The van der Waals surface area contributed by atoms with Gasteiger partial charge in [0.25, 0.3) is 5.56 Å². The normalized spacial score (nSPS) is 16.4. The molecule has 0 saturated carbocycles. The van der Waals surface area contributed by atoms with Crippen LogP contribution in [0.3, 0.4) is 0 Å². The molecule has 2 aliphatic heterocycles. The van der Waals surface area contributed by atoms with Crippen LogP contribution in [0.5, 0.6) is 0 Å². The van der Waals surface area contributed by atoms with E-state index in [4.69, 9.17) is 9.72 Å². The van der Waals surface area contributed by atoms with Crippen LogP contribution >= 0.6 is 10.0 Å². The van der Waals surface area contributed by atoms with E-state index < -0.39 is 22.1 Å². The molecule has 0 bridgehead atoms. The SMILES string of the molecule is C.CC.CCS(C)(C)CCc1c2c(nc3ccccc13)-c1cc3c(c(=O)n1C2)COC(=O)C3O. The van der Waals surface area contributed by atoms with E-state index in [1.807, 2.05) is 32.0 Å². The number of carbonyl (C=O) groups excluding carboxylic acids is 1. The van der Waals surface area contributed by atoms with Gasteiger partial charge in [-0.3, -0.25) is 4.79 Å². The Morgan fingerprint density at radius 2 is 1.88 bits per heavy atom. The number of fused-ring (bicyclic) bond motifs is 5. The first kappa shape index (κ1) is 26.0. The lowest BCUT2D eigenvalue weighted by Crippen LogP contribution is -2.32. The molecule has 0 spiro atoms. The fourth-order valence-electron chi connectivity index (χ4n) is 4.47. The second kappa shape index (κ2) is 9.92. The van der Waals surface area contributed by atoms with Crippen LogP contribution in [0.4, 0.5) is 0 Å². The van der Waals surface area contributed by atoms with Crippen LogP contribution in [-0.2, 0) is 29.1 Å². The second-order valence-corrected chi connectivity index (χ2v) is 13.3. The van der Waals surface area contributed by atoms with Gasteiger partial charge in [0.2, 0.25) is 0 Å². The third-order valence-electron chi connectivity index (χ3n) is 6.67. The van der Waals surface area contributed by atoms with Crippen LogP contribution in [0, 0.1) is 0 Å². The van der Waals surface area contributed by atoms with Gasteiger partial charge in [-0.15, -0.1) is 0 Å². The molecule has 2 aromatic heterocycles. The third kappa shape index (κ3) is 4.27. The number of nitrogens with zero attached hydrogens (tertiary/aromatic N) is 2. The second-order valence-electron chi connectivity index (χ2n) is 8.81. The molecule has 0 fully saturated rings. The number of carbonyl (C=O) groups is 1. The van der Waals surface area contributed by atoms with Gasteiger partial charge in [0.15, 0.2) is 6.10 Å². The topological polar surface area (TPSA) is 81.4 Å². The zero-order valence-corrected chi connectivity index (χ0v) is 20.8. The molecule has 1 N–H and O–H groups in total. The summed E-state index contributed by atoms with van der Waals surface area (Å²) in [7, 11) is -0.682. The van der Waals surface area contributed by atoms with Crippen molar-refractivity contribution in [1.82, 2.24) is 9.55 Å². The molecule has 184 valence electrons. The average molecular weight is 485 g/mol. The highest BCUT2D eigenvalue weighted by atomic mass is 32.3. The van der Waals surface area contributed by atoms with E-state index in [0.717, 1.165) is 34.3 Å². The Labute approximate surface area is 203 Å². The highest BCUT2D eigenvalue weighted by molar-refractivity contribution is 8.32. The molecular weight excluding hydrogens is 448 g/mol. The first-order valence-corrected chi connectivity index (χ1v) is 14.3. The van der Waals surface area contributed by atoms with Crippen molar-refractivity contribution in [2.45, 2.75) is 53.9 Å². The maximum Gasteiger partial charge on any atom is 0.340 e. The number of cyclic esters (lactones) is 1. The fraction of sp³-hybridized carbons (Fsp3) is 0.444. The number of hydrogen-bond donors (Lipinski definition) is 1. The summed E-state index contributed by atoms with van der Waals surface area (Å²) in [6.07, 6.45) is 4.24. The van der Waals surface area contributed by atoms with E-state index in [0.29, 0.717) is 23.4 Å². The molecule has 5 rings (SSSR count). The van der Waals surface area contributed by atoms with Crippen molar-refractivity contribution in [2.75, 3.05) is 24.0 Å². The van der Waals surface area contributed by atoms with Gasteiger partial charge in [-0.2, -0.15) is 0 Å². The average Bonchev–Trinajstić information content (AvgIpc) is 3.19. The van der Waals surface area contributed by atoms with E-state index >= 15 is 0 Å². The van der Waals surface area contributed by atoms with Crippen LogP contribution in [0.2, 0.25) is 0 Å². The summed E-state index contributed by atoms with van der Waals surface area (Å²) < 4.78 is 6.71. The van der Waals surface area contributed by atoms with Gasteiger partial charge in [0.1, 0.15) is 6.61 Å². The number of esters is 1. The van der Waals surface area contributed by atoms with Crippen molar-refractivity contribution in [2.24, 2.45) is 0 Å². The van der Waals surface area contributed by atoms with Gasteiger partial charge in [-0.1, -0.05) is 46.4 Å². The lowest BCUT2D eigenvalue weighted by Gasteiger charge is -2.30. The largest absolute Gasteiger partial charge is 0.458 e. The van der Waals surface area contributed by atoms with Crippen LogP contribution in [-0.4, -0.2) is 44.6 Å². The molecule has 1 atom stereocenters. The van der Waals surface area contributed by atoms with Gasteiger partial charge in [0.05, 0.1) is 29.0 Å². The van der Waals surface area contributed by atoms with Gasteiger partial charge in [-0.05, 0) is 48.1 Å². The number of aryl methyl sites for hydroxylation is 1. The number of rotatable bonds is 4. The number of ether oxygens (including phenoxy) is 1. The fourth-order valence-corrected chi connectivity index (χ4v) is 5.51. The predicted molar refractivity (Wildman–Crippen MR) is 142 cm³/mol. The summed E-state index contributed by atoms with van der Waals surface area (Å²) >= 11 is 0. The van der Waals surface area contributed by atoms with Crippen molar-refractivity contribution in [3.8, 4) is 11.4 Å². The molecule has 1 aromatic carbocycles. The minimum absolute atomic E-state index is 0. The van der Waals surface area contributed by atoms with Gasteiger partial charge < -0.3 is 14.4 Å². The molecule has 7 heteroatoms. The highest BCUT2D eigenvalue weighted by Gasteiger charge is 2.34. The Morgan fingerprint density at radius 3 is 2.59 bits per heavy atom. The standard InChI is InChI=1S/C24H26N2O4S.C2H6.CH4/c1-4-31(2,3)10-9-14-15-7-5-6-8-19(15)25-21-17(14)12-26-20(21)11-16-18(23(26)28)13-30-24(29)22(16)27;1-2;/h5-8,11,22,27H,4,9-10,12-13H2,1-3H3;1-2H3;1H4. The molecule has 3 aromatic rings. The molecule has 1 unspecified atom stereocenters. The molecule has 0 saturated heterocycles. The summed E-state index contributed by atoms with van der Waals surface area (Å²) in [5, 5.41) is 11.5. The number of aromatic nitrogens is 2. The zero-order chi connectivity index (χ0) is 23.9. The van der Waals surface area contributed by atoms with Gasteiger partial charge in [-0.25, -0.2) is 19.8 Å². The molecule has 2 aliphatic rings. The van der Waals surface area contributed by atoms with E-state index in [-0.39, 0.29) is 19.6 Å². The summed E-state index contributed by atoms with van der Waals surface area (Å²) in [6, 6.07) is 9.87. The van der Waals surface area contributed by atoms with Gasteiger partial charge in [0, 0.05) is 16.5 Å². The molecule has 0 radical (unpaired) electrons. The monoisotopic (exact) mass is 484 g/mol. The van der Waals surface area contributed by atoms with Crippen molar-refractivity contribution >= 4 is 26.9 Å². The summed E-state index contributed by atoms with van der Waals surface area (Å²) in [6.45, 7) is 6.60. The first-order chi connectivity index (χ1) is 15.8. The summed E-state index contributed by atoms with van der Waals surface area (Å²) in [5.74, 6) is 1.58. The smallest absolute Gasteiger partial charge is 0.340 e. The van der Waals surface area contributed by atoms with Gasteiger partial charge >= 0.3 is 5.97 Å².